The van der Waals surface area contributed by atoms with Crippen LogP contribution in [-0.2, 0) is 16.2 Å². The third-order valence-electron chi connectivity index (χ3n) is 4.16. The number of anilines is 2. The van der Waals surface area contributed by atoms with Crippen molar-refractivity contribution in [1.29, 1.82) is 0 Å². The zero-order valence-electron chi connectivity index (χ0n) is 15.4. The number of hydrogen-bond acceptors (Lipinski definition) is 6. The second kappa shape index (κ2) is 8.04. The van der Waals surface area contributed by atoms with Crippen LogP contribution in [0.15, 0.2) is 66.0 Å². The van der Waals surface area contributed by atoms with E-state index in [-0.39, 0.29) is 28.9 Å². The van der Waals surface area contributed by atoms with E-state index in [1.807, 2.05) is 0 Å². The second-order valence-electron chi connectivity index (χ2n) is 6.28. The molecule has 1 aromatic carbocycles. The van der Waals surface area contributed by atoms with Gasteiger partial charge < -0.3 is 5.73 Å². The topological polar surface area (TPSA) is 115 Å². The number of pyridine rings is 2. The Morgan fingerprint density at radius 3 is 2.39 bits per heavy atom. The van der Waals surface area contributed by atoms with E-state index in [1.165, 1.54) is 23.0 Å². The molecular weight excluding hydrogens is 457 g/mol. The van der Waals surface area contributed by atoms with Crippen LogP contribution in [0.3, 0.4) is 0 Å². The molecule has 0 radical (unpaired) electrons. The number of fused-ring (bicyclic) bond motifs is 1. The number of benzene rings is 1. The van der Waals surface area contributed by atoms with Crippen LogP contribution in [0.4, 0.5) is 24.8 Å². The summed E-state index contributed by atoms with van der Waals surface area (Å²) in [5.74, 6) is 0.114. The lowest BCUT2D eigenvalue weighted by Gasteiger charge is -2.11. The molecule has 4 rings (SSSR count). The number of nitrogens with zero attached hydrogens (tertiary/aromatic N) is 4. The second-order valence-corrected chi connectivity index (χ2v) is 7.96. The van der Waals surface area contributed by atoms with Crippen LogP contribution in [0, 0.1) is 0 Å². The highest BCUT2D eigenvalue weighted by molar-refractivity contribution is 7.92. The number of nitrogen functional groups attached to an aromatic ring is 1. The number of nitrogens with one attached hydrogen (secondary N) is 1. The Labute approximate surface area is 180 Å². The van der Waals surface area contributed by atoms with E-state index >= 15 is 0 Å². The Morgan fingerprint density at radius 1 is 1.00 bits per heavy atom. The lowest BCUT2D eigenvalue weighted by Crippen LogP contribution is -2.14. The molecule has 8 nitrogen and oxygen atoms in total. The van der Waals surface area contributed by atoms with E-state index in [9.17, 15) is 21.6 Å². The third kappa shape index (κ3) is 4.70. The van der Waals surface area contributed by atoms with Gasteiger partial charge in [0.25, 0.3) is 10.0 Å². The first kappa shape index (κ1) is 22.3. The van der Waals surface area contributed by atoms with Gasteiger partial charge in [0.15, 0.2) is 5.65 Å². The Hall–Kier alpha value is -3.38. The van der Waals surface area contributed by atoms with Crippen molar-refractivity contribution in [2.45, 2.75) is 11.1 Å². The van der Waals surface area contributed by atoms with Gasteiger partial charge >= 0.3 is 6.18 Å². The standard InChI is InChI=1S/C18H13F3N6O2S.ClH/c19-18(20,21)13-2-4-15(5-3-13)30(28,29)26-14-7-12(8-23-9-14)11-1-6-16-24-17(22)25-27(16)10-11;/h1-10,26H,(H2,22,25);1H. The van der Waals surface area contributed by atoms with Gasteiger partial charge in [-0.05, 0) is 42.5 Å². The van der Waals surface area contributed by atoms with E-state index in [4.69, 9.17) is 5.73 Å². The molecule has 0 aliphatic heterocycles. The fraction of sp³-hybridized carbons (Fsp3) is 0.0556. The highest BCUT2D eigenvalue weighted by Crippen LogP contribution is 2.30. The van der Waals surface area contributed by atoms with Crippen LogP contribution in [0.5, 0.6) is 0 Å². The smallest absolute Gasteiger partial charge is 0.366 e. The zero-order valence-corrected chi connectivity index (χ0v) is 17.0. The maximum Gasteiger partial charge on any atom is 0.416 e. The van der Waals surface area contributed by atoms with Gasteiger partial charge in [-0.3, -0.25) is 9.71 Å². The first-order chi connectivity index (χ1) is 14.1. The lowest BCUT2D eigenvalue weighted by atomic mass is 10.1. The van der Waals surface area contributed by atoms with E-state index in [2.05, 4.69) is 19.8 Å². The Morgan fingerprint density at radius 2 is 1.71 bits per heavy atom. The quantitative estimate of drug-likeness (QED) is 0.470. The number of rotatable bonds is 4. The number of sulfonamides is 1. The first-order valence-electron chi connectivity index (χ1n) is 8.39. The minimum Gasteiger partial charge on any atom is -0.366 e. The molecular formula is C18H14ClF3N6O2S. The predicted octanol–water partition coefficient (Wildman–Crippen LogP) is 3.61. The van der Waals surface area contributed by atoms with Crippen LogP contribution in [0.1, 0.15) is 5.56 Å². The summed E-state index contributed by atoms with van der Waals surface area (Å²) in [7, 11) is -4.11. The minimum atomic E-state index is -4.55. The highest BCUT2D eigenvalue weighted by Gasteiger charge is 2.30. The molecule has 0 aliphatic rings. The zero-order chi connectivity index (χ0) is 21.5. The molecule has 3 N–H and O–H groups in total. The Balaban J connectivity index is 0.00000272. The predicted molar refractivity (Wildman–Crippen MR) is 110 cm³/mol. The first-order valence-corrected chi connectivity index (χ1v) is 9.87. The van der Waals surface area contributed by atoms with Crippen LogP contribution < -0.4 is 10.5 Å². The van der Waals surface area contributed by atoms with Gasteiger partial charge in [-0.15, -0.1) is 17.5 Å². The Bertz CT molecular complexity index is 1340. The van der Waals surface area contributed by atoms with E-state index in [1.54, 1.807) is 18.3 Å². The number of hydrogen-bond donors (Lipinski definition) is 2. The van der Waals surface area contributed by atoms with Gasteiger partial charge in [0.1, 0.15) is 0 Å². The molecule has 0 fully saturated rings. The van der Waals surface area contributed by atoms with Crippen LogP contribution in [-0.4, -0.2) is 28.0 Å². The van der Waals surface area contributed by atoms with Gasteiger partial charge in [-0.1, -0.05) is 0 Å². The molecule has 0 amide bonds. The van der Waals surface area contributed by atoms with Crippen molar-refractivity contribution >= 4 is 39.7 Å². The van der Waals surface area contributed by atoms with Crippen molar-refractivity contribution in [3.05, 3.63) is 66.6 Å². The summed E-state index contributed by atoms with van der Waals surface area (Å²) in [5.41, 5.74) is 6.58. The summed E-state index contributed by atoms with van der Waals surface area (Å²) in [6, 6.07) is 8.18. The van der Waals surface area contributed by atoms with E-state index in [0.717, 1.165) is 12.1 Å². The van der Waals surface area contributed by atoms with E-state index in [0.29, 0.717) is 28.9 Å². The van der Waals surface area contributed by atoms with Crippen molar-refractivity contribution in [2.75, 3.05) is 10.5 Å². The fourth-order valence-electron chi connectivity index (χ4n) is 2.76. The molecule has 3 aromatic heterocycles. The summed E-state index contributed by atoms with van der Waals surface area (Å²) < 4.78 is 66.9. The molecule has 0 atom stereocenters. The average Bonchev–Trinajstić information content (AvgIpc) is 3.06. The summed E-state index contributed by atoms with van der Waals surface area (Å²) in [6.45, 7) is 0. The molecule has 13 heteroatoms. The number of aromatic nitrogens is 4. The summed E-state index contributed by atoms with van der Waals surface area (Å²) in [6.07, 6.45) is -0.0812. The van der Waals surface area contributed by atoms with Gasteiger partial charge in [0.05, 0.1) is 22.3 Å². The normalized spacial score (nSPS) is 11.8. The van der Waals surface area contributed by atoms with Crippen molar-refractivity contribution in [1.82, 2.24) is 19.6 Å². The monoisotopic (exact) mass is 470 g/mol. The molecule has 0 saturated carbocycles. The Kier molecular flexibility index (Phi) is 5.79. The molecule has 0 aliphatic carbocycles. The SMILES string of the molecule is Cl.Nc1nc2ccc(-c3cncc(NS(=O)(=O)c4ccc(C(F)(F)F)cc4)c3)cn2n1. The molecule has 0 saturated heterocycles. The van der Waals surface area contributed by atoms with Gasteiger partial charge in [0.2, 0.25) is 5.95 Å². The highest BCUT2D eigenvalue weighted by atomic mass is 35.5. The van der Waals surface area contributed by atoms with Crippen molar-refractivity contribution in [2.24, 2.45) is 0 Å². The number of alkyl halides is 3. The summed E-state index contributed by atoms with van der Waals surface area (Å²) in [5, 5.41) is 4.02. The minimum absolute atomic E-state index is 0. The van der Waals surface area contributed by atoms with Gasteiger partial charge in [-0.2, -0.15) is 18.2 Å². The van der Waals surface area contributed by atoms with E-state index < -0.39 is 21.8 Å². The third-order valence-corrected chi connectivity index (χ3v) is 5.56. The van der Waals surface area contributed by atoms with Gasteiger partial charge in [0, 0.05) is 23.5 Å². The number of halogens is 4. The molecule has 4 aromatic rings. The summed E-state index contributed by atoms with van der Waals surface area (Å²) >= 11 is 0. The van der Waals surface area contributed by atoms with Crippen LogP contribution >= 0.6 is 12.4 Å². The largest absolute Gasteiger partial charge is 0.416 e. The maximum absolute atomic E-state index is 12.7. The molecule has 0 bridgehead atoms. The van der Waals surface area contributed by atoms with Crippen LogP contribution in [0.2, 0.25) is 0 Å². The molecule has 0 spiro atoms. The van der Waals surface area contributed by atoms with Gasteiger partial charge in [-0.25, -0.2) is 12.9 Å². The molecule has 162 valence electrons. The summed E-state index contributed by atoms with van der Waals surface area (Å²) in [4.78, 5) is 7.74. The molecule has 3 heterocycles. The van der Waals surface area contributed by atoms with Crippen molar-refractivity contribution in [3.8, 4) is 11.1 Å². The van der Waals surface area contributed by atoms with Crippen molar-refractivity contribution < 1.29 is 21.6 Å². The lowest BCUT2D eigenvalue weighted by molar-refractivity contribution is -0.137. The average molecular weight is 471 g/mol. The molecule has 31 heavy (non-hydrogen) atoms. The van der Waals surface area contributed by atoms with Crippen molar-refractivity contribution in [3.63, 3.8) is 0 Å². The number of nitrogens with two attached hydrogens (primary N) is 1. The fourth-order valence-corrected chi connectivity index (χ4v) is 3.80. The van der Waals surface area contributed by atoms with Crippen LogP contribution in [0.25, 0.3) is 16.8 Å². The molecule has 0 unspecified atom stereocenters. The maximum atomic E-state index is 12.7.